The Labute approximate surface area is 170 Å². The molecule has 5 nitrogen and oxygen atoms in total. The summed E-state index contributed by atoms with van der Waals surface area (Å²) >= 11 is 0. The van der Waals surface area contributed by atoms with Crippen molar-refractivity contribution < 1.29 is 18.8 Å². The van der Waals surface area contributed by atoms with Gasteiger partial charge in [-0.15, -0.1) is 0 Å². The molecule has 6 heteroatoms. The van der Waals surface area contributed by atoms with E-state index in [1.54, 1.807) is 0 Å². The van der Waals surface area contributed by atoms with Crippen LogP contribution >= 0.6 is 0 Å². The Morgan fingerprint density at radius 1 is 1.14 bits per heavy atom. The first kappa shape index (κ1) is 22.9. The zero-order valence-corrected chi connectivity index (χ0v) is 17.9. The molecule has 0 amide bonds. The van der Waals surface area contributed by atoms with E-state index in [0.717, 1.165) is 17.9 Å². The van der Waals surface area contributed by atoms with Crippen LogP contribution in [-0.2, 0) is 25.4 Å². The molecule has 1 aromatic carbocycles. The fourth-order valence-electron chi connectivity index (χ4n) is 3.49. The molecular formula is C22H36BNO4. The molecule has 1 aromatic rings. The number of carbonyl (C=O) groups excluding carboxylic acids is 1. The van der Waals surface area contributed by atoms with E-state index in [2.05, 4.69) is 37.7 Å². The molecule has 156 valence electrons. The number of benzene rings is 1. The van der Waals surface area contributed by atoms with Crippen molar-refractivity contribution in [1.29, 1.82) is 0 Å². The zero-order chi connectivity index (χ0) is 20.5. The van der Waals surface area contributed by atoms with Gasteiger partial charge in [0.1, 0.15) is 6.61 Å². The number of hydrogen-bond donors (Lipinski definition) is 1. The Hall–Kier alpha value is -1.37. The van der Waals surface area contributed by atoms with Gasteiger partial charge in [-0.3, -0.25) is 4.79 Å². The van der Waals surface area contributed by atoms with Gasteiger partial charge in [0, 0.05) is 6.04 Å². The standard InChI is InChI=1S/C14H28BNO2.C8H8O2/c1-13(2)14(3,4)18-15(17-13)10-6-5-8-12-9-7-11-16-12;9-7-10-6-8-4-2-1-3-5-8/h12,16H,5-11H2,1-4H3;1-5,7H,6H2. The zero-order valence-electron chi connectivity index (χ0n) is 17.9. The monoisotopic (exact) mass is 389 g/mol. The molecule has 0 bridgehead atoms. The van der Waals surface area contributed by atoms with Gasteiger partial charge < -0.3 is 19.4 Å². The van der Waals surface area contributed by atoms with Gasteiger partial charge in [0.25, 0.3) is 6.47 Å². The second-order valence-electron chi connectivity index (χ2n) is 8.66. The molecule has 0 spiro atoms. The third-order valence-corrected chi connectivity index (χ3v) is 5.87. The van der Waals surface area contributed by atoms with Gasteiger partial charge in [-0.25, -0.2) is 0 Å². The summed E-state index contributed by atoms with van der Waals surface area (Å²) < 4.78 is 16.5. The van der Waals surface area contributed by atoms with Gasteiger partial charge in [-0.1, -0.05) is 43.2 Å². The average Bonchev–Trinajstić information content (AvgIpc) is 3.24. The molecule has 2 saturated heterocycles. The van der Waals surface area contributed by atoms with Gasteiger partial charge in [0.2, 0.25) is 0 Å². The Kier molecular flexibility index (Phi) is 8.99. The number of rotatable bonds is 8. The van der Waals surface area contributed by atoms with Gasteiger partial charge in [-0.2, -0.15) is 0 Å². The summed E-state index contributed by atoms with van der Waals surface area (Å²) in [4.78, 5) is 9.76. The fraction of sp³-hybridized carbons (Fsp3) is 0.682. The van der Waals surface area contributed by atoms with Crippen LogP contribution in [0.4, 0.5) is 0 Å². The van der Waals surface area contributed by atoms with Crippen LogP contribution in [0.15, 0.2) is 30.3 Å². The summed E-state index contributed by atoms with van der Waals surface area (Å²) in [7, 11) is -0.00784. The number of nitrogens with one attached hydrogen (secondary N) is 1. The van der Waals surface area contributed by atoms with Crippen LogP contribution in [0.3, 0.4) is 0 Å². The highest BCUT2D eigenvalue weighted by molar-refractivity contribution is 6.45. The van der Waals surface area contributed by atoms with Gasteiger partial charge >= 0.3 is 7.12 Å². The van der Waals surface area contributed by atoms with Crippen molar-refractivity contribution in [2.45, 2.75) is 90.0 Å². The smallest absolute Gasteiger partial charge is 0.457 e. The van der Waals surface area contributed by atoms with Crippen molar-refractivity contribution in [1.82, 2.24) is 5.32 Å². The fourth-order valence-corrected chi connectivity index (χ4v) is 3.49. The number of hydrogen-bond acceptors (Lipinski definition) is 5. The first-order valence-corrected chi connectivity index (χ1v) is 10.5. The molecule has 0 saturated carbocycles. The minimum atomic E-state index is -0.176. The lowest BCUT2D eigenvalue weighted by atomic mass is 9.82. The highest BCUT2D eigenvalue weighted by Crippen LogP contribution is 2.38. The maximum absolute atomic E-state index is 9.76. The maximum Gasteiger partial charge on any atom is 0.457 e. The van der Waals surface area contributed by atoms with Crippen LogP contribution in [-0.4, -0.2) is 37.4 Å². The summed E-state index contributed by atoms with van der Waals surface area (Å²) in [6, 6.07) is 10.3. The summed E-state index contributed by atoms with van der Waals surface area (Å²) in [6.45, 7) is 10.5. The number of ether oxygens (including phenoxy) is 1. The topological polar surface area (TPSA) is 56.8 Å². The van der Waals surface area contributed by atoms with E-state index in [1.807, 2.05) is 30.3 Å². The molecule has 2 aliphatic heterocycles. The number of carbonyl (C=O) groups is 1. The first-order chi connectivity index (χ1) is 13.3. The highest BCUT2D eigenvalue weighted by Gasteiger charge is 2.50. The molecule has 0 aromatic heterocycles. The van der Waals surface area contributed by atoms with Gasteiger partial charge in [0.15, 0.2) is 0 Å². The molecule has 1 atom stereocenters. The lowest BCUT2D eigenvalue weighted by Gasteiger charge is -2.32. The molecule has 2 aliphatic rings. The molecule has 0 radical (unpaired) electrons. The predicted octanol–water partition coefficient (Wildman–Crippen LogP) is 4.36. The Morgan fingerprint density at radius 2 is 1.82 bits per heavy atom. The average molecular weight is 389 g/mol. The SMILES string of the molecule is CC1(C)OB(CCCCC2CCCN2)OC1(C)C.O=COCc1ccccc1. The first-order valence-electron chi connectivity index (χ1n) is 10.5. The largest absolute Gasteiger partial charge is 0.463 e. The minimum absolute atomic E-state index is 0.00784. The molecule has 2 heterocycles. The van der Waals surface area contributed by atoms with Crippen LogP contribution in [0.25, 0.3) is 0 Å². The van der Waals surface area contributed by atoms with Gasteiger partial charge in [-0.05, 0) is 65.4 Å². The predicted molar refractivity (Wildman–Crippen MR) is 113 cm³/mol. The van der Waals surface area contributed by atoms with Crippen LogP contribution < -0.4 is 5.32 Å². The van der Waals surface area contributed by atoms with Crippen molar-refractivity contribution in [2.75, 3.05) is 6.54 Å². The van der Waals surface area contributed by atoms with Crippen LogP contribution in [0.1, 0.15) is 65.4 Å². The van der Waals surface area contributed by atoms with E-state index >= 15 is 0 Å². The Bertz CT molecular complexity index is 557. The van der Waals surface area contributed by atoms with E-state index < -0.39 is 0 Å². The van der Waals surface area contributed by atoms with Crippen molar-refractivity contribution in [3.05, 3.63) is 35.9 Å². The van der Waals surface area contributed by atoms with Crippen LogP contribution in [0, 0.1) is 0 Å². The Balaban J connectivity index is 0.000000237. The lowest BCUT2D eigenvalue weighted by Crippen LogP contribution is -2.41. The summed E-state index contributed by atoms with van der Waals surface area (Å²) in [5.74, 6) is 0. The minimum Gasteiger partial charge on any atom is -0.463 e. The van der Waals surface area contributed by atoms with E-state index in [4.69, 9.17) is 9.31 Å². The molecular weight excluding hydrogens is 353 g/mol. The highest BCUT2D eigenvalue weighted by atomic mass is 16.7. The molecule has 3 rings (SSSR count). The van der Waals surface area contributed by atoms with Crippen molar-refractivity contribution in [2.24, 2.45) is 0 Å². The van der Waals surface area contributed by atoms with E-state index in [9.17, 15) is 4.79 Å². The van der Waals surface area contributed by atoms with Crippen molar-refractivity contribution >= 4 is 13.6 Å². The Morgan fingerprint density at radius 3 is 2.39 bits per heavy atom. The normalized spacial score (nSPS) is 22.4. The molecule has 28 heavy (non-hydrogen) atoms. The maximum atomic E-state index is 9.76. The van der Waals surface area contributed by atoms with Crippen molar-refractivity contribution in [3.8, 4) is 0 Å². The van der Waals surface area contributed by atoms with E-state index in [-0.39, 0.29) is 18.3 Å². The van der Waals surface area contributed by atoms with Crippen molar-refractivity contribution in [3.63, 3.8) is 0 Å². The van der Waals surface area contributed by atoms with Crippen LogP contribution in [0.2, 0.25) is 6.32 Å². The summed E-state index contributed by atoms with van der Waals surface area (Å²) in [5.41, 5.74) is 0.657. The molecule has 1 N–H and O–H groups in total. The number of unbranched alkanes of at least 4 members (excludes halogenated alkanes) is 1. The second kappa shape index (κ2) is 11.0. The lowest BCUT2D eigenvalue weighted by molar-refractivity contribution is -0.129. The third kappa shape index (κ3) is 7.23. The summed E-state index contributed by atoms with van der Waals surface area (Å²) in [6.07, 6.45) is 7.52. The quantitative estimate of drug-likeness (QED) is 0.407. The summed E-state index contributed by atoms with van der Waals surface area (Å²) in [5, 5.41) is 3.55. The van der Waals surface area contributed by atoms with Crippen LogP contribution in [0.5, 0.6) is 0 Å². The molecule has 2 fully saturated rings. The second-order valence-corrected chi connectivity index (χ2v) is 8.66. The molecule has 1 unspecified atom stereocenters. The van der Waals surface area contributed by atoms with E-state index in [1.165, 1.54) is 38.6 Å². The van der Waals surface area contributed by atoms with Gasteiger partial charge in [0.05, 0.1) is 11.2 Å². The van der Waals surface area contributed by atoms with E-state index in [0.29, 0.717) is 13.1 Å². The third-order valence-electron chi connectivity index (χ3n) is 5.87. The molecule has 0 aliphatic carbocycles.